The first-order chi connectivity index (χ1) is 5.18. The Balaban J connectivity index is 2.45. The zero-order valence-corrected chi connectivity index (χ0v) is 7.63. The van der Waals surface area contributed by atoms with Crippen LogP contribution >= 0.6 is 23.6 Å². The molecule has 1 aromatic heterocycles. The highest BCUT2D eigenvalue weighted by molar-refractivity contribution is 7.80. The molecule has 0 saturated heterocycles. The summed E-state index contributed by atoms with van der Waals surface area (Å²) in [6.07, 6.45) is 0. The summed E-state index contributed by atoms with van der Waals surface area (Å²) in [6.45, 7) is 2.47. The number of hydrogen-bond acceptors (Lipinski definition) is 4. The molecule has 0 fully saturated rings. The van der Waals surface area contributed by atoms with Crippen molar-refractivity contribution in [2.45, 2.75) is 13.5 Å². The lowest BCUT2D eigenvalue weighted by Gasteiger charge is -1.97. The number of nitrogens with two attached hydrogens (primary N) is 1. The third kappa shape index (κ3) is 2.77. The average molecular weight is 188 g/mol. The van der Waals surface area contributed by atoms with Crippen molar-refractivity contribution in [1.82, 2.24) is 15.5 Å². The van der Waals surface area contributed by atoms with Crippen molar-refractivity contribution in [2.75, 3.05) is 0 Å². The van der Waals surface area contributed by atoms with Gasteiger partial charge in [-0.05, 0) is 19.1 Å². The van der Waals surface area contributed by atoms with Gasteiger partial charge in [0.1, 0.15) is 10.0 Å². The normalized spacial score (nSPS) is 9.55. The number of rotatable bonds is 2. The molecule has 3 N–H and O–H groups in total. The van der Waals surface area contributed by atoms with Gasteiger partial charge in [-0.15, -0.1) is 10.2 Å². The van der Waals surface area contributed by atoms with Crippen molar-refractivity contribution in [2.24, 2.45) is 5.73 Å². The van der Waals surface area contributed by atoms with Gasteiger partial charge < -0.3 is 11.1 Å². The molecule has 0 aromatic carbocycles. The highest BCUT2D eigenvalue weighted by Crippen LogP contribution is 2.06. The summed E-state index contributed by atoms with van der Waals surface area (Å²) >= 11 is 6.15. The first kappa shape index (κ1) is 8.35. The molecule has 0 aliphatic carbocycles. The molecule has 0 radical (unpaired) electrons. The van der Waals surface area contributed by atoms with Crippen LogP contribution in [-0.4, -0.2) is 15.3 Å². The van der Waals surface area contributed by atoms with E-state index in [4.69, 9.17) is 5.73 Å². The molecule has 1 rings (SSSR count). The van der Waals surface area contributed by atoms with Gasteiger partial charge in [0.25, 0.3) is 0 Å². The Morgan fingerprint density at radius 1 is 1.73 bits per heavy atom. The van der Waals surface area contributed by atoms with Gasteiger partial charge in [0.05, 0.1) is 6.54 Å². The SMILES string of the molecule is Cc1nnc(CNC(N)=S)s1. The van der Waals surface area contributed by atoms with Gasteiger partial charge in [-0.25, -0.2) is 0 Å². The second-order valence-corrected chi connectivity index (χ2v) is 3.64. The van der Waals surface area contributed by atoms with Crippen LogP contribution in [0.3, 0.4) is 0 Å². The molecule has 4 nitrogen and oxygen atoms in total. The number of aromatic nitrogens is 2. The third-order valence-electron chi connectivity index (χ3n) is 0.982. The molecule has 1 heterocycles. The summed E-state index contributed by atoms with van der Waals surface area (Å²) in [7, 11) is 0. The van der Waals surface area contributed by atoms with Gasteiger partial charge in [0.15, 0.2) is 5.11 Å². The molecule has 1 aromatic rings. The summed E-state index contributed by atoms with van der Waals surface area (Å²) in [5.74, 6) is 0. The summed E-state index contributed by atoms with van der Waals surface area (Å²) in [6, 6.07) is 0. The topological polar surface area (TPSA) is 63.8 Å². The highest BCUT2D eigenvalue weighted by atomic mass is 32.1. The Morgan fingerprint density at radius 3 is 2.91 bits per heavy atom. The van der Waals surface area contributed by atoms with Crippen molar-refractivity contribution in [3.8, 4) is 0 Å². The van der Waals surface area contributed by atoms with E-state index < -0.39 is 0 Å². The van der Waals surface area contributed by atoms with Crippen LogP contribution in [0.4, 0.5) is 0 Å². The van der Waals surface area contributed by atoms with Crippen molar-refractivity contribution in [1.29, 1.82) is 0 Å². The highest BCUT2D eigenvalue weighted by Gasteiger charge is 1.98. The second-order valence-electron chi connectivity index (χ2n) is 1.93. The molecular formula is C5H8N4S2. The van der Waals surface area contributed by atoms with Crippen molar-refractivity contribution in [3.05, 3.63) is 10.0 Å². The summed E-state index contributed by atoms with van der Waals surface area (Å²) in [5, 5.41) is 12.6. The standard InChI is InChI=1S/C5H8N4S2/c1-3-8-9-4(11-3)2-7-5(6)10/h2H2,1H3,(H3,6,7,10). The van der Waals surface area contributed by atoms with E-state index in [0.717, 1.165) is 10.0 Å². The zero-order valence-electron chi connectivity index (χ0n) is 6.00. The molecule has 60 valence electrons. The average Bonchev–Trinajstić information content (AvgIpc) is 2.31. The van der Waals surface area contributed by atoms with Crippen molar-refractivity contribution >= 4 is 28.7 Å². The van der Waals surface area contributed by atoms with E-state index >= 15 is 0 Å². The van der Waals surface area contributed by atoms with Crippen molar-refractivity contribution < 1.29 is 0 Å². The van der Waals surface area contributed by atoms with Crippen LogP contribution in [0.5, 0.6) is 0 Å². The lowest BCUT2D eigenvalue weighted by Crippen LogP contribution is -2.28. The molecule has 0 atom stereocenters. The van der Waals surface area contributed by atoms with Crippen LogP contribution in [0.2, 0.25) is 0 Å². The first-order valence-electron chi connectivity index (χ1n) is 3.01. The minimum atomic E-state index is 0.290. The van der Waals surface area contributed by atoms with E-state index in [1.54, 1.807) is 0 Å². The van der Waals surface area contributed by atoms with Gasteiger partial charge in [-0.3, -0.25) is 0 Å². The van der Waals surface area contributed by atoms with Gasteiger partial charge in [-0.1, -0.05) is 11.3 Å². The van der Waals surface area contributed by atoms with Crippen LogP contribution in [0.25, 0.3) is 0 Å². The Hall–Kier alpha value is -0.750. The molecule has 0 aliphatic heterocycles. The van der Waals surface area contributed by atoms with E-state index in [1.807, 2.05) is 6.92 Å². The largest absolute Gasteiger partial charge is 0.376 e. The molecule has 6 heteroatoms. The molecule has 0 aliphatic rings. The predicted molar refractivity (Wildman–Crippen MR) is 48.3 cm³/mol. The van der Waals surface area contributed by atoms with Gasteiger partial charge in [0, 0.05) is 0 Å². The van der Waals surface area contributed by atoms with Crippen LogP contribution < -0.4 is 11.1 Å². The number of thiocarbonyl (C=S) groups is 1. The maximum Gasteiger partial charge on any atom is 0.163 e. The van der Waals surface area contributed by atoms with Crippen LogP contribution in [-0.2, 0) is 6.54 Å². The van der Waals surface area contributed by atoms with Gasteiger partial charge >= 0.3 is 0 Å². The summed E-state index contributed by atoms with van der Waals surface area (Å²) < 4.78 is 0. The minimum Gasteiger partial charge on any atom is -0.376 e. The fourth-order valence-electron chi connectivity index (χ4n) is 0.572. The molecule has 0 saturated carbocycles. The number of aryl methyl sites for hydroxylation is 1. The van der Waals surface area contributed by atoms with Gasteiger partial charge in [0.2, 0.25) is 0 Å². The quantitative estimate of drug-likeness (QED) is 0.648. The minimum absolute atomic E-state index is 0.290. The van der Waals surface area contributed by atoms with Crippen LogP contribution in [0.15, 0.2) is 0 Å². The molecule has 0 amide bonds. The Kier molecular flexibility index (Phi) is 2.72. The second kappa shape index (κ2) is 3.59. The Bertz CT molecular complexity index is 257. The summed E-state index contributed by atoms with van der Waals surface area (Å²) in [4.78, 5) is 0. The number of nitrogens with zero attached hydrogens (tertiary/aromatic N) is 2. The Morgan fingerprint density at radius 2 is 2.45 bits per heavy atom. The molecule has 0 bridgehead atoms. The predicted octanol–water partition coefficient (Wildman–Crippen LogP) is 0.180. The maximum absolute atomic E-state index is 5.22. The van der Waals surface area contributed by atoms with Gasteiger partial charge in [-0.2, -0.15) is 0 Å². The monoisotopic (exact) mass is 188 g/mol. The van der Waals surface area contributed by atoms with Crippen LogP contribution in [0.1, 0.15) is 10.0 Å². The smallest absolute Gasteiger partial charge is 0.163 e. The number of hydrogen-bond donors (Lipinski definition) is 2. The number of nitrogens with one attached hydrogen (secondary N) is 1. The zero-order chi connectivity index (χ0) is 8.27. The van der Waals surface area contributed by atoms with E-state index in [9.17, 15) is 0 Å². The molecular weight excluding hydrogens is 180 g/mol. The first-order valence-corrected chi connectivity index (χ1v) is 4.23. The van der Waals surface area contributed by atoms with E-state index in [-0.39, 0.29) is 5.11 Å². The lowest BCUT2D eigenvalue weighted by atomic mass is 10.7. The summed E-state index contributed by atoms with van der Waals surface area (Å²) in [5.41, 5.74) is 5.22. The van der Waals surface area contributed by atoms with Crippen molar-refractivity contribution in [3.63, 3.8) is 0 Å². The van der Waals surface area contributed by atoms with E-state index in [1.165, 1.54) is 11.3 Å². The fourth-order valence-corrected chi connectivity index (χ4v) is 1.29. The lowest BCUT2D eigenvalue weighted by molar-refractivity contribution is 0.869. The maximum atomic E-state index is 5.22. The fraction of sp³-hybridized carbons (Fsp3) is 0.400. The molecule has 0 spiro atoms. The van der Waals surface area contributed by atoms with E-state index in [2.05, 4.69) is 27.7 Å². The van der Waals surface area contributed by atoms with Crippen LogP contribution in [0, 0.1) is 6.92 Å². The third-order valence-corrected chi connectivity index (χ3v) is 1.96. The molecule has 0 unspecified atom stereocenters. The van der Waals surface area contributed by atoms with E-state index in [0.29, 0.717) is 6.54 Å². The Labute approximate surface area is 73.8 Å². The molecule has 11 heavy (non-hydrogen) atoms.